The van der Waals surface area contributed by atoms with Gasteiger partial charge in [0.05, 0.1) is 22.6 Å². The van der Waals surface area contributed by atoms with Crippen LogP contribution in [0.5, 0.6) is 0 Å². The van der Waals surface area contributed by atoms with Crippen molar-refractivity contribution in [3.05, 3.63) is 67.5 Å². The van der Waals surface area contributed by atoms with Crippen LogP contribution in [0.25, 0.3) is 56.0 Å². The van der Waals surface area contributed by atoms with Crippen LogP contribution in [0.1, 0.15) is 0 Å². The van der Waals surface area contributed by atoms with E-state index in [1.807, 2.05) is 18.2 Å². The molecule has 0 aromatic carbocycles. The predicted molar refractivity (Wildman–Crippen MR) is 111 cm³/mol. The van der Waals surface area contributed by atoms with Gasteiger partial charge in [-0.15, -0.1) is 0 Å². The van der Waals surface area contributed by atoms with E-state index >= 15 is 4.39 Å². The van der Waals surface area contributed by atoms with Crippen molar-refractivity contribution in [1.29, 1.82) is 0 Å². The second-order valence-electron chi connectivity index (χ2n) is 6.79. The van der Waals surface area contributed by atoms with Crippen molar-refractivity contribution in [2.24, 2.45) is 0 Å². The van der Waals surface area contributed by atoms with E-state index in [0.29, 0.717) is 28.2 Å². The lowest BCUT2D eigenvalue weighted by molar-refractivity contribution is 0.638. The van der Waals surface area contributed by atoms with Crippen molar-refractivity contribution in [2.45, 2.75) is 0 Å². The van der Waals surface area contributed by atoms with Gasteiger partial charge in [-0.1, -0.05) is 0 Å². The fourth-order valence-corrected chi connectivity index (χ4v) is 3.56. The number of aromatic nitrogens is 9. The highest BCUT2D eigenvalue weighted by atomic mass is 19.1. The molecule has 0 spiro atoms. The fourth-order valence-electron chi connectivity index (χ4n) is 3.56. The Kier molecular flexibility index (Phi) is 3.75. The van der Waals surface area contributed by atoms with Crippen molar-refractivity contribution in [3.63, 3.8) is 0 Å². The lowest BCUT2D eigenvalue weighted by Crippen LogP contribution is -1.93. The zero-order chi connectivity index (χ0) is 20.8. The van der Waals surface area contributed by atoms with Crippen LogP contribution in [0, 0.1) is 5.82 Å². The molecule has 0 aliphatic rings. The topological polar surface area (TPSA) is 122 Å². The highest BCUT2D eigenvalue weighted by Crippen LogP contribution is 2.33. The maximum Gasteiger partial charge on any atom is 0.178 e. The minimum atomic E-state index is -0.529. The van der Waals surface area contributed by atoms with Gasteiger partial charge in [-0.25, -0.2) is 24.3 Å². The minimum absolute atomic E-state index is 0.141. The van der Waals surface area contributed by atoms with Crippen LogP contribution < -0.4 is 0 Å². The first-order valence-electron chi connectivity index (χ1n) is 9.33. The molecular formula is C21H12FN9. The Morgan fingerprint density at radius 2 is 1.65 bits per heavy atom. The Balaban J connectivity index is 1.56. The highest BCUT2D eigenvalue weighted by Gasteiger charge is 2.21. The summed E-state index contributed by atoms with van der Waals surface area (Å²) in [7, 11) is 0. The molecule has 0 saturated heterocycles. The van der Waals surface area contributed by atoms with Crippen LogP contribution in [0.3, 0.4) is 0 Å². The number of aromatic amines is 2. The van der Waals surface area contributed by atoms with E-state index in [9.17, 15) is 0 Å². The maximum absolute atomic E-state index is 15.5. The summed E-state index contributed by atoms with van der Waals surface area (Å²) >= 11 is 0. The molecule has 6 aromatic heterocycles. The molecule has 0 bridgehead atoms. The maximum atomic E-state index is 15.5. The zero-order valence-electron chi connectivity index (χ0n) is 15.8. The summed E-state index contributed by atoms with van der Waals surface area (Å²) in [6.45, 7) is 0. The average molecular weight is 409 g/mol. The molecule has 6 aromatic rings. The van der Waals surface area contributed by atoms with Gasteiger partial charge >= 0.3 is 0 Å². The van der Waals surface area contributed by atoms with Crippen LogP contribution >= 0.6 is 0 Å². The third-order valence-electron chi connectivity index (χ3n) is 4.99. The molecule has 0 fully saturated rings. The molecule has 0 aliphatic heterocycles. The smallest absolute Gasteiger partial charge is 0.178 e. The summed E-state index contributed by atoms with van der Waals surface area (Å²) < 4.78 is 15.5. The SMILES string of the molecule is Fc1c(-c2cncnc2)ncc2[nH]nc(-c3nc4nccc(-c5ccncc5)c4[nH]3)c12. The van der Waals surface area contributed by atoms with Gasteiger partial charge in [0.15, 0.2) is 17.3 Å². The molecule has 2 N–H and O–H groups in total. The van der Waals surface area contributed by atoms with Crippen LogP contribution in [-0.2, 0) is 0 Å². The minimum Gasteiger partial charge on any atom is -0.335 e. The van der Waals surface area contributed by atoms with E-state index < -0.39 is 5.82 Å². The van der Waals surface area contributed by atoms with Gasteiger partial charge in [-0.2, -0.15) is 5.10 Å². The molecule has 0 atom stereocenters. The third kappa shape index (κ3) is 2.73. The molecule has 0 radical (unpaired) electrons. The number of nitrogens with one attached hydrogen (secondary N) is 2. The van der Waals surface area contributed by atoms with Crippen molar-refractivity contribution >= 4 is 22.1 Å². The molecule has 9 nitrogen and oxygen atoms in total. The molecule has 6 heterocycles. The van der Waals surface area contributed by atoms with Crippen molar-refractivity contribution in [1.82, 2.24) is 45.1 Å². The van der Waals surface area contributed by atoms with Crippen molar-refractivity contribution in [2.75, 3.05) is 0 Å². The lowest BCUT2D eigenvalue weighted by atomic mass is 10.1. The molecule has 0 amide bonds. The molecule has 0 aliphatic carbocycles. The number of nitrogens with zero attached hydrogens (tertiary/aromatic N) is 7. The van der Waals surface area contributed by atoms with Crippen LogP contribution in [-0.4, -0.2) is 45.1 Å². The fraction of sp³-hybridized carbons (Fsp3) is 0. The largest absolute Gasteiger partial charge is 0.335 e. The first-order chi connectivity index (χ1) is 15.3. The van der Waals surface area contributed by atoms with E-state index in [2.05, 4.69) is 45.1 Å². The number of fused-ring (bicyclic) bond motifs is 2. The number of halogens is 1. The first kappa shape index (κ1) is 17.3. The van der Waals surface area contributed by atoms with Gasteiger partial charge in [-0.3, -0.25) is 15.1 Å². The Hall–Kier alpha value is -4.60. The van der Waals surface area contributed by atoms with E-state index in [1.165, 1.54) is 24.9 Å². The van der Waals surface area contributed by atoms with Gasteiger partial charge in [0.1, 0.15) is 17.7 Å². The molecular weight excluding hydrogens is 397 g/mol. The van der Waals surface area contributed by atoms with Crippen LogP contribution in [0.15, 0.2) is 61.7 Å². The summed E-state index contributed by atoms with van der Waals surface area (Å²) in [5.74, 6) is -0.130. The summed E-state index contributed by atoms with van der Waals surface area (Å²) in [6.07, 6.45) is 11.1. The van der Waals surface area contributed by atoms with Gasteiger partial charge in [0.2, 0.25) is 0 Å². The number of imidazole rings is 1. The number of hydrogen-bond acceptors (Lipinski definition) is 7. The van der Waals surface area contributed by atoms with Gasteiger partial charge in [0, 0.05) is 42.1 Å². The number of H-pyrrole nitrogens is 2. The van der Waals surface area contributed by atoms with E-state index in [4.69, 9.17) is 0 Å². The van der Waals surface area contributed by atoms with Crippen LogP contribution in [0.4, 0.5) is 4.39 Å². The zero-order valence-corrected chi connectivity index (χ0v) is 15.8. The number of pyridine rings is 3. The summed E-state index contributed by atoms with van der Waals surface area (Å²) in [5.41, 5.74) is 4.52. The Labute approximate surface area is 173 Å². The first-order valence-corrected chi connectivity index (χ1v) is 9.33. The number of hydrogen-bond donors (Lipinski definition) is 2. The van der Waals surface area contributed by atoms with Crippen molar-refractivity contribution in [3.8, 4) is 33.9 Å². The monoisotopic (exact) mass is 409 g/mol. The number of rotatable bonds is 3. The van der Waals surface area contributed by atoms with E-state index in [0.717, 1.165) is 16.6 Å². The summed E-state index contributed by atoms with van der Waals surface area (Å²) in [6, 6.07) is 5.69. The molecule has 148 valence electrons. The van der Waals surface area contributed by atoms with Crippen LogP contribution in [0.2, 0.25) is 0 Å². The lowest BCUT2D eigenvalue weighted by Gasteiger charge is -2.03. The highest BCUT2D eigenvalue weighted by molar-refractivity contribution is 5.97. The standard InChI is InChI=1S/C21H12FN9/c22-16-15-14(9-27-17(16)12-7-24-10-25-8-12)30-31-19(15)21-28-18-13(3-6-26-20(18)29-21)11-1-4-23-5-2-11/h1-10H,(H,30,31)(H,26,28,29). The van der Waals surface area contributed by atoms with Gasteiger partial charge < -0.3 is 4.98 Å². The Morgan fingerprint density at radius 1 is 0.806 bits per heavy atom. The van der Waals surface area contributed by atoms with Gasteiger partial charge in [0.25, 0.3) is 0 Å². The van der Waals surface area contributed by atoms with E-state index in [-0.39, 0.29) is 11.1 Å². The second-order valence-corrected chi connectivity index (χ2v) is 6.79. The normalized spacial score (nSPS) is 11.4. The van der Waals surface area contributed by atoms with E-state index in [1.54, 1.807) is 18.6 Å². The Bertz CT molecular complexity index is 1540. The summed E-state index contributed by atoms with van der Waals surface area (Å²) in [4.78, 5) is 28.3. The second kappa shape index (κ2) is 6.73. The molecule has 0 unspecified atom stereocenters. The van der Waals surface area contributed by atoms with Gasteiger partial charge in [-0.05, 0) is 23.8 Å². The third-order valence-corrected chi connectivity index (χ3v) is 4.99. The molecule has 31 heavy (non-hydrogen) atoms. The molecule has 6 rings (SSSR count). The summed E-state index contributed by atoms with van der Waals surface area (Å²) in [5, 5.41) is 7.39. The van der Waals surface area contributed by atoms with Crippen molar-refractivity contribution < 1.29 is 4.39 Å². The average Bonchev–Trinajstić information content (AvgIpc) is 3.45. The molecule has 0 saturated carbocycles. The quantitative estimate of drug-likeness (QED) is 0.458. The Morgan fingerprint density at radius 3 is 2.48 bits per heavy atom. The molecule has 10 heteroatoms. The predicted octanol–water partition coefficient (Wildman–Crippen LogP) is 3.55.